The number of hydrogen-bond donors (Lipinski definition) is 0. The Balaban J connectivity index is 1.27. The van der Waals surface area contributed by atoms with Crippen molar-refractivity contribution in [3.05, 3.63) is 24.3 Å². The van der Waals surface area contributed by atoms with Gasteiger partial charge in [0.05, 0.1) is 12.6 Å². The molecular weight excluding hydrogens is 374 g/mol. The lowest BCUT2D eigenvalue weighted by Gasteiger charge is -2.30. The maximum absolute atomic E-state index is 12.6. The molecule has 5 heteroatoms. The summed E-state index contributed by atoms with van der Waals surface area (Å²) in [6.45, 7) is 8.81. The molecule has 3 aliphatic rings. The van der Waals surface area contributed by atoms with Gasteiger partial charge in [-0.2, -0.15) is 0 Å². The summed E-state index contributed by atoms with van der Waals surface area (Å²) >= 11 is 0. The Morgan fingerprint density at radius 1 is 0.967 bits per heavy atom. The molecule has 0 aliphatic carbocycles. The van der Waals surface area contributed by atoms with Crippen LogP contribution in [0.1, 0.15) is 64.7 Å². The van der Waals surface area contributed by atoms with Crippen molar-refractivity contribution >= 4 is 11.6 Å². The van der Waals surface area contributed by atoms with Crippen LogP contribution in [0.2, 0.25) is 0 Å². The third kappa shape index (κ3) is 5.55. The van der Waals surface area contributed by atoms with Crippen LogP contribution in [0.15, 0.2) is 24.3 Å². The fourth-order valence-corrected chi connectivity index (χ4v) is 5.37. The van der Waals surface area contributed by atoms with Gasteiger partial charge in [-0.3, -0.25) is 4.79 Å². The molecule has 4 rings (SSSR count). The highest BCUT2D eigenvalue weighted by Gasteiger charge is 2.33. The summed E-state index contributed by atoms with van der Waals surface area (Å²) in [6.07, 6.45) is 10.7. The number of rotatable bonds is 8. The van der Waals surface area contributed by atoms with E-state index in [1.54, 1.807) is 0 Å². The Morgan fingerprint density at radius 3 is 2.43 bits per heavy atom. The smallest absolute Gasteiger partial charge is 0.227 e. The third-order valence-corrected chi connectivity index (χ3v) is 7.16. The number of anilines is 1. The van der Waals surface area contributed by atoms with Gasteiger partial charge in [-0.15, -0.1) is 0 Å². The number of likely N-dealkylation sites (tertiary alicyclic amines) is 2. The standard InChI is InChI=1S/C25H39N3O2/c1-21-8-6-17-27(21)18-7-19-30-24-12-9-22(10-13-24)28-23(11-14-25(28)29)20-26-15-4-2-3-5-16-26/h9-10,12-13,21,23H,2-8,11,14-20H2,1H3/t21?,23-/m0/s1. The normalized spacial score (nSPS) is 26.3. The van der Waals surface area contributed by atoms with Crippen molar-refractivity contribution < 1.29 is 9.53 Å². The highest BCUT2D eigenvalue weighted by Crippen LogP contribution is 2.29. The second-order valence-corrected chi connectivity index (χ2v) is 9.39. The van der Waals surface area contributed by atoms with Crippen molar-refractivity contribution in [2.45, 2.75) is 76.8 Å². The predicted octanol–water partition coefficient (Wildman–Crippen LogP) is 4.31. The molecule has 166 valence electrons. The number of carbonyl (C=O) groups excluding carboxylic acids is 1. The third-order valence-electron chi connectivity index (χ3n) is 7.16. The van der Waals surface area contributed by atoms with Crippen molar-refractivity contribution in [2.24, 2.45) is 0 Å². The molecule has 3 aliphatic heterocycles. The summed E-state index contributed by atoms with van der Waals surface area (Å²) in [5.41, 5.74) is 1.02. The lowest BCUT2D eigenvalue weighted by molar-refractivity contribution is -0.117. The van der Waals surface area contributed by atoms with Gasteiger partial charge in [-0.1, -0.05) is 12.8 Å². The first kappa shape index (κ1) is 21.6. The average molecular weight is 414 g/mol. The van der Waals surface area contributed by atoms with Crippen LogP contribution >= 0.6 is 0 Å². The molecule has 2 atom stereocenters. The topological polar surface area (TPSA) is 36.0 Å². The van der Waals surface area contributed by atoms with E-state index in [9.17, 15) is 4.79 Å². The molecule has 1 amide bonds. The number of ether oxygens (including phenoxy) is 1. The van der Waals surface area contributed by atoms with Gasteiger partial charge in [0.1, 0.15) is 5.75 Å². The first-order valence-corrected chi connectivity index (χ1v) is 12.2. The number of benzene rings is 1. The second-order valence-electron chi connectivity index (χ2n) is 9.39. The average Bonchev–Trinajstić information content (AvgIpc) is 3.22. The van der Waals surface area contributed by atoms with Gasteiger partial charge in [0, 0.05) is 31.2 Å². The first-order chi connectivity index (χ1) is 14.7. The maximum atomic E-state index is 12.6. The van der Waals surface area contributed by atoms with E-state index in [2.05, 4.69) is 28.9 Å². The van der Waals surface area contributed by atoms with Gasteiger partial charge >= 0.3 is 0 Å². The summed E-state index contributed by atoms with van der Waals surface area (Å²) in [6, 6.07) is 9.23. The molecule has 0 N–H and O–H groups in total. The van der Waals surface area contributed by atoms with Crippen molar-refractivity contribution in [3.8, 4) is 5.75 Å². The number of hydrogen-bond acceptors (Lipinski definition) is 4. The van der Waals surface area contributed by atoms with Crippen LogP contribution in [0.4, 0.5) is 5.69 Å². The summed E-state index contributed by atoms with van der Waals surface area (Å²) in [5.74, 6) is 1.17. The molecule has 0 bridgehead atoms. The van der Waals surface area contributed by atoms with Gasteiger partial charge in [0.15, 0.2) is 0 Å². The van der Waals surface area contributed by atoms with Gasteiger partial charge < -0.3 is 19.4 Å². The zero-order valence-electron chi connectivity index (χ0n) is 18.7. The van der Waals surface area contributed by atoms with Crippen molar-refractivity contribution in [1.29, 1.82) is 0 Å². The zero-order chi connectivity index (χ0) is 20.8. The van der Waals surface area contributed by atoms with E-state index in [1.807, 2.05) is 17.0 Å². The molecule has 3 saturated heterocycles. The van der Waals surface area contributed by atoms with Crippen LogP contribution in [0, 0.1) is 0 Å². The number of amides is 1. The van der Waals surface area contributed by atoms with Crippen molar-refractivity contribution in [3.63, 3.8) is 0 Å². The Hall–Kier alpha value is -1.59. The molecular formula is C25H39N3O2. The van der Waals surface area contributed by atoms with Gasteiger partial charge in [-0.25, -0.2) is 0 Å². The Bertz CT molecular complexity index is 669. The molecule has 3 heterocycles. The molecule has 1 aromatic rings. The zero-order valence-corrected chi connectivity index (χ0v) is 18.7. The molecule has 30 heavy (non-hydrogen) atoms. The van der Waals surface area contributed by atoms with Gasteiger partial charge in [-0.05, 0) is 89.3 Å². The van der Waals surface area contributed by atoms with Crippen molar-refractivity contribution in [2.75, 3.05) is 44.2 Å². The first-order valence-electron chi connectivity index (χ1n) is 12.2. The van der Waals surface area contributed by atoms with Crippen LogP contribution in [0.25, 0.3) is 0 Å². The molecule has 3 fully saturated rings. The number of carbonyl (C=O) groups is 1. The van der Waals surface area contributed by atoms with Crippen LogP contribution in [-0.4, -0.2) is 67.1 Å². The van der Waals surface area contributed by atoms with E-state index >= 15 is 0 Å². The van der Waals surface area contributed by atoms with E-state index in [-0.39, 0.29) is 5.91 Å². The summed E-state index contributed by atoms with van der Waals surface area (Å²) in [7, 11) is 0. The molecule has 5 nitrogen and oxygen atoms in total. The monoisotopic (exact) mass is 413 g/mol. The second kappa shape index (κ2) is 10.6. The molecule has 0 radical (unpaired) electrons. The van der Waals surface area contributed by atoms with Crippen LogP contribution in [0.3, 0.4) is 0 Å². The highest BCUT2D eigenvalue weighted by atomic mass is 16.5. The summed E-state index contributed by atoms with van der Waals surface area (Å²) < 4.78 is 5.97. The fourth-order valence-electron chi connectivity index (χ4n) is 5.37. The highest BCUT2D eigenvalue weighted by molar-refractivity contribution is 5.96. The van der Waals surface area contributed by atoms with Crippen LogP contribution in [0.5, 0.6) is 5.75 Å². The van der Waals surface area contributed by atoms with Gasteiger partial charge in [0.2, 0.25) is 5.91 Å². The molecule has 1 unspecified atom stereocenters. The molecule has 0 aromatic heterocycles. The largest absolute Gasteiger partial charge is 0.494 e. The van der Waals surface area contributed by atoms with E-state index < -0.39 is 0 Å². The molecule has 1 aromatic carbocycles. The Kier molecular flexibility index (Phi) is 7.67. The lowest BCUT2D eigenvalue weighted by Crippen LogP contribution is -2.42. The summed E-state index contributed by atoms with van der Waals surface area (Å²) in [5, 5.41) is 0. The van der Waals surface area contributed by atoms with Crippen molar-refractivity contribution in [1.82, 2.24) is 9.80 Å². The van der Waals surface area contributed by atoms with Crippen LogP contribution < -0.4 is 9.64 Å². The quantitative estimate of drug-likeness (QED) is 0.595. The SMILES string of the molecule is CC1CCCN1CCCOc1ccc(N2C(=O)CC[C@H]2CN2CCCCCC2)cc1. The minimum atomic E-state index is 0.267. The number of nitrogens with zero attached hydrogens (tertiary/aromatic N) is 3. The maximum Gasteiger partial charge on any atom is 0.227 e. The Morgan fingerprint density at radius 2 is 1.73 bits per heavy atom. The van der Waals surface area contributed by atoms with Crippen LogP contribution in [-0.2, 0) is 4.79 Å². The predicted molar refractivity (Wildman–Crippen MR) is 122 cm³/mol. The van der Waals surface area contributed by atoms with E-state index in [1.165, 1.54) is 58.2 Å². The van der Waals surface area contributed by atoms with E-state index in [0.29, 0.717) is 12.5 Å². The minimum absolute atomic E-state index is 0.267. The lowest BCUT2D eigenvalue weighted by atomic mass is 10.2. The van der Waals surface area contributed by atoms with Gasteiger partial charge in [0.25, 0.3) is 0 Å². The van der Waals surface area contributed by atoms with E-state index in [4.69, 9.17) is 4.74 Å². The van der Waals surface area contributed by atoms with E-state index in [0.717, 1.165) is 50.0 Å². The fraction of sp³-hybridized carbons (Fsp3) is 0.720. The minimum Gasteiger partial charge on any atom is -0.494 e. The molecule has 0 saturated carbocycles. The molecule has 0 spiro atoms. The Labute approximate surface area is 182 Å². The summed E-state index contributed by atoms with van der Waals surface area (Å²) in [4.78, 5) is 19.8.